The summed E-state index contributed by atoms with van der Waals surface area (Å²) in [5, 5.41) is 18.2. The Morgan fingerprint density at radius 1 is 0.897 bits per heavy atom. The van der Waals surface area contributed by atoms with E-state index in [1.165, 1.54) is 0 Å². The van der Waals surface area contributed by atoms with Crippen molar-refractivity contribution in [2.45, 2.75) is 77.5 Å². The van der Waals surface area contributed by atoms with Gasteiger partial charge in [0, 0.05) is 29.9 Å². The maximum absolute atomic E-state index is 13.4. The summed E-state index contributed by atoms with van der Waals surface area (Å²) in [7, 11) is 0. The molecule has 1 aromatic heterocycles. The highest BCUT2D eigenvalue weighted by Gasteiger charge is 2.31. The van der Waals surface area contributed by atoms with Crippen molar-refractivity contribution in [2.24, 2.45) is 23.3 Å². The summed E-state index contributed by atoms with van der Waals surface area (Å²) in [4.78, 5) is 65.4. The lowest BCUT2D eigenvalue weighted by Crippen LogP contribution is -2.58. The van der Waals surface area contributed by atoms with E-state index in [0.717, 1.165) is 16.5 Å². The van der Waals surface area contributed by atoms with E-state index in [1.807, 2.05) is 38.1 Å². The maximum atomic E-state index is 13.4. The Morgan fingerprint density at radius 3 is 2.08 bits per heavy atom. The summed E-state index contributed by atoms with van der Waals surface area (Å²) in [6.45, 7) is 7.36. The number of carboxylic acid groups (broad SMARTS) is 1. The number of aromatic amines is 1. The number of aliphatic carboxylic acids is 1. The third kappa shape index (κ3) is 9.40. The van der Waals surface area contributed by atoms with Crippen LogP contribution in [-0.4, -0.2) is 63.9 Å². The number of hydrogen-bond acceptors (Lipinski definition) is 6. The number of fused-ring (bicyclic) bond motifs is 1. The van der Waals surface area contributed by atoms with Crippen LogP contribution in [0.15, 0.2) is 30.5 Å². The van der Waals surface area contributed by atoms with Gasteiger partial charge in [0.15, 0.2) is 0 Å². The molecule has 0 saturated heterocycles. The predicted molar refractivity (Wildman–Crippen MR) is 146 cm³/mol. The molecular weight excluding hydrogens is 504 g/mol. The van der Waals surface area contributed by atoms with Crippen molar-refractivity contribution < 1.29 is 29.1 Å². The summed E-state index contributed by atoms with van der Waals surface area (Å²) in [5.74, 6) is -4.00. The summed E-state index contributed by atoms with van der Waals surface area (Å²) < 4.78 is 0. The van der Waals surface area contributed by atoms with Crippen molar-refractivity contribution in [3.8, 4) is 0 Å². The first-order valence-corrected chi connectivity index (χ1v) is 13.0. The average molecular weight is 545 g/mol. The number of benzene rings is 1. The third-order valence-electron chi connectivity index (χ3n) is 6.39. The second kappa shape index (κ2) is 14.3. The van der Waals surface area contributed by atoms with Gasteiger partial charge in [-0.3, -0.25) is 19.2 Å². The Kier molecular flexibility index (Phi) is 11.5. The van der Waals surface area contributed by atoms with Gasteiger partial charge in [0.05, 0.1) is 6.04 Å². The molecule has 0 saturated carbocycles. The van der Waals surface area contributed by atoms with Gasteiger partial charge in [-0.2, -0.15) is 0 Å². The van der Waals surface area contributed by atoms with E-state index in [9.17, 15) is 29.1 Å². The van der Waals surface area contributed by atoms with Gasteiger partial charge < -0.3 is 37.5 Å². The smallest absolute Gasteiger partial charge is 0.326 e. The molecule has 12 heteroatoms. The number of nitrogens with two attached hydrogens (primary N) is 2. The zero-order valence-corrected chi connectivity index (χ0v) is 22.8. The Morgan fingerprint density at radius 2 is 1.49 bits per heavy atom. The van der Waals surface area contributed by atoms with Gasteiger partial charge in [-0.05, 0) is 36.3 Å². The second-order valence-corrected chi connectivity index (χ2v) is 10.5. The molecule has 0 fully saturated rings. The van der Waals surface area contributed by atoms with E-state index in [1.54, 1.807) is 20.0 Å². The Labute approximate surface area is 227 Å². The van der Waals surface area contributed by atoms with Crippen LogP contribution < -0.4 is 27.4 Å². The molecule has 214 valence electrons. The Balaban J connectivity index is 2.33. The molecule has 4 unspecified atom stereocenters. The number of carbonyl (C=O) groups excluding carboxylic acids is 4. The molecule has 0 aliphatic heterocycles. The lowest BCUT2D eigenvalue weighted by molar-refractivity contribution is -0.142. The lowest BCUT2D eigenvalue weighted by atomic mass is 9.99. The number of carboxylic acids is 1. The molecule has 1 heterocycles. The number of rotatable bonds is 15. The van der Waals surface area contributed by atoms with E-state index in [4.69, 9.17) is 11.5 Å². The van der Waals surface area contributed by atoms with Gasteiger partial charge in [0.2, 0.25) is 23.6 Å². The largest absolute Gasteiger partial charge is 0.480 e. The quantitative estimate of drug-likeness (QED) is 0.169. The Hall–Kier alpha value is -3.93. The number of carbonyl (C=O) groups is 5. The molecule has 0 aliphatic carbocycles. The van der Waals surface area contributed by atoms with Crippen molar-refractivity contribution >= 4 is 40.5 Å². The van der Waals surface area contributed by atoms with Crippen LogP contribution in [0.2, 0.25) is 0 Å². The molecule has 0 bridgehead atoms. The summed E-state index contributed by atoms with van der Waals surface area (Å²) in [6, 6.07) is 3.06. The monoisotopic (exact) mass is 544 g/mol. The first-order valence-electron chi connectivity index (χ1n) is 13.0. The number of nitrogens with one attached hydrogen (secondary N) is 4. The Bertz CT molecular complexity index is 1180. The fourth-order valence-electron chi connectivity index (χ4n) is 4.09. The highest BCUT2D eigenvalue weighted by molar-refractivity contribution is 5.95. The molecule has 4 amide bonds. The maximum Gasteiger partial charge on any atom is 0.326 e. The van der Waals surface area contributed by atoms with Crippen LogP contribution in [0.1, 0.15) is 52.5 Å². The number of para-hydroxylation sites is 1. The van der Waals surface area contributed by atoms with Crippen LogP contribution in [0.25, 0.3) is 10.9 Å². The van der Waals surface area contributed by atoms with Crippen molar-refractivity contribution in [3.63, 3.8) is 0 Å². The third-order valence-corrected chi connectivity index (χ3v) is 6.39. The fraction of sp³-hybridized carbons (Fsp3) is 0.519. The lowest BCUT2D eigenvalue weighted by Gasteiger charge is -2.26. The van der Waals surface area contributed by atoms with Crippen LogP contribution >= 0.6 is 0 Å². The molecule has 4 atom stereocenters. The molecule has 2 rings (SSSR count). The van der Waals surface area contributed by atoms with Crippen molar-refractivity contribution in [2.75, 3.05) is 0 Å². The summed E-state index contributed by atoms with van der Waals surface area (Å²) in [6.07, 6.45) is 1.60. The SMILES string of the molecule is CC(C)CC(NC(=O)C(N)C(C)C)C(=O)NC(Cc1c[nH]c2ccccc12)C(=O)NC(CCC(N)=O)C(=O)O. The van der Waals surface area contributed by atoms with Crippen LogP contribution in [0.5, 0.6) is 0 Å². The van der Waals surface area contributed by atoms with E-state index >= 15 is 0 Å². The fourth-order valence-corrected chi connectivity index (χ4v) is 4.09. The van der Waals surface area contributed by atoms with Crippen LogP contribution in [-0.2, 0) is 30.4 Å². The molecule has 0 radical (unpaired) electrons. The normalized spacial score (nSPS) is 14.4. The molecule has 0 aliphatic rings. The van der Waals surface area contributed by atoms with Crippen molar-refractivity contribution in [3.05, 3.63) is 36.0 Å². The van der Waals surface area contributed by atoms with Gasteiger partial charge in [0.25, 0.3) is 0 Å². The van der Waals surface area contributed by atoms with E-state index in [0.29, 0.717) is 6.42 Å². The van der Waals surface area contributed by atoms with E-state index in [2.05, 4.69) is 20.9 Å². The molecular formula is C27H40N6O6. The van der Waals surface area contributed by atoms with Crippen LogP contribution in [0.3, 0.4) is 0 Å². The van der Waals surface area contributed by atoms with Crippen LogP contribution in [0, 0.1) is 11.8 Å². The van der Waals surface area contributed by atoms with Gasteiger partial charge in [-0.1, -0.05) is 45.9 Å². The second-order valence-electron chi connectivity index (χ2n) is 10.5. The first-order chi connectivity index (χ1) is 18.3. The highest BCUT2D eigenvalue weighted by atomic mass is 16.4. The predicted octanol–water partition coefficient (Wildman–Crippen LogP) is 0.544. The number of hydrogen-bond donors (Lipinski definition) is 7. The van der Waals surface area contributed by atoms with Crippen molar-refractivity contribution in [1.82, 2.24) is 20.9 Å². The van der Waals surface area contributed by atoms with Crippen molar-refractivity contribution in [1.29, 1.82) is 0 Å². The first kappa shape index (κ1) is 31.3. The standard InChI is InChI=1S/C27H40N6O6/c1-14(2)11-20(33-26(37)23(29)15(3)4)24(35)32-21(12-16-13-30-18-8-6-5-7-17(16)18)25(36)31-19(27(38)39)9-10-22(28)34/h5-8,13-15,19-21,23,30H,9-12,29H2,1-4H3,(H2,28,34)(H,31,36)(H,32,35)(H,33,37)(H,38,39). The number of amides is 4. The van der Waals surface area contributed by atoms with Gasteiger partial charge in [-0.15, -0.1) is 0 Å². The molecule has 0 spiro atoms. The molecule has 12 nitrogen and oxygen atoms in total. The van der Waals surface area contributed by atoms with Gasteiger partial charge in [-0.25, -0.2) is 4.79 Å². The minimum absolute atomic E-state index is 0.0300. The zero-order valence-electron chi connectivity index (χ0n) is 22.8. The minimum atomic E-state index is -1.39. The zero-order chi connectivity index (χ0) is 29.3. The molecule has 9 N–H and O–H groups in total. The number of H-pyrrole nitrogens is 1. The average Bonchev–Trinajstić information content (AvgIpc) is 3.27. The van der Waals surface area contributed by atoms with Gasteiger partial charge in [0.1, 0.15) is 18.1 Å². The summed E-state index contributed by atoms with van der Waals surface area (Å²) >= 11 is 0. The van der Waals surface area contributed by atoms with Gasteiger partial charge >= 0.3 is 5.97 Å². The van der Waals surface area contributed by atoms with E-state index in [-0.39, 0.29) is 31.1 Å². The minimum Gasteiger partial charge on any atom is -0.480 e. The molecule has 2 aromatic rings. The van der Waals surface area contributed by atoms with Crippen LogP contribution in [0.4, 0.5) is 0 Å². The molecule has 39 heavy (non-hydrogen) atoms. The summed E-state index contributed by atoms with van der Waals surface area (Å²) in [5.41, 5.74) is 12.7. The topological polar surface area (TPSA) is 209 Å². The molecule has 1 aromatic carbocycles. The number of primary amides is 1. The highest BCUT2D eigenvalue weighted by Crippen LogP contribution is 2.19. The number of aromatic nitrogens is 1. The van der Waals surface area contributed by atoms with E-state index < -0.39 is 53.8 Å².